The van der Waals surface area contributed by atoms with Gasteiger partial charge in [-0.1, -0.05) is 0 Å². The Morgan fingerprint density at radius 2 is 1.91 bits per heavy atom. The number of halogens is 1. The standard InChI is InChI=1S/C5H9ClNO3P/c6-11(9,10)7-3-1-5(8)2-4-7/h1-4H2,(H,9,10). The number of hydrogen-bond donors (Lipinski definition) is 1. The molecule has 6 heteroatoms. The van der Waals surface area contributed by atoms with Gasteiger partial charge in [0, 0.05) is 25.9 Å². The second-order valence-electron chi connectivity index (χ2n) is 2.47. The van der Waals surface area contributed by atoms with Gasteiger partial charge in [-0.25, -0.2) is 4.67 Å². The monoisotopic (exact) mass is 197 g/mol. The fraction of sp³-hybridized carbons (Fsp3) is 0.800. The summed E-state index contributed by atoms with van der Waals surface area (Å²) >= 11 is 5.19. The third kappa shape index (κ3) is 2.56. The summed E-state index contributed by atoms with van der Waals surface area (Å²) in [6.45, 7) is -3.01. The summed E-state index contributed by atoms with van der Waals surface area (Å²) in [5.41, 5.74) is 0. The van der Waals surface area contributed by atoms with Crippen molar-refractivity contribution in [1.82, 2.24) is 4.67 Å². The molecule has 0 aromatic rings. The summed E-state index contributed by atoms with van der Waals surface area (Å²) in [6.07, 6.45) is 0.661. The Kier molecular flexibility index (Phi) is 2.70. The average molecular weight is 198 g/mol. The minimum Gasteiger partial charge on any atom is -0.322 e. The van der Waals surface area contributed by atoms with Crippen molar-refractivity contribution < 1.29 is 14.3 Å². The smallest absolute Gasteiger partial charge is 0.322 e. The SMILES string of the molecule is O=C1CCN(P(=O)(O)Cl)CC1. The van der Waals surface area contributed by atoms with E-state index in [1.807, 2.05) is 0 Å². The molecule has 1 fully saturated rings. The van der Waals surface area contributed by atoms with E-state index in [2.05, 4.69) is 0 Å². The van der Waals surface area contributed by atoms with Crippen LogP contribution in [-0.4, -0.2) is 28.4 Å². The lowest BCUT2D eigenvalue weighted by Gasteiger charge is -2.25. The summed E-state index contributed by atoms with van der Waals surface area (Å²) in [7, 11) is 0. The molecular formula is C5H9ClNO3P. The first-order valence-corrected chi connectivity index (χ1v) is 5.81. The fourth-order valence-corrected chi connectivity index (χ4v) is 2.14. The van der Waals surface area contributed by atoms with Crippen molar-refractivity contribution in [3.63, 3.8) is 0 Å². The predicted molar refractivity (Wildman–Crippen MR) is 41.5 cm³/mol. The van der Waals surface area contributed by atoms with Crippen molar-refractivity contribution in [3.05, 3.63) is 0 Å². The first-order chi connectivity index (χ1) is 5.00. The van der Waals surface area contributed by atoms with Crippen LogP contribution >= 0.6 is 18.1 Å². The van der Waals surface area contributed by atoms with Crippen LogP contribution in [0.3, 0.4) is 0 Å². The zero-order chi connectivity index (χ0) is 8.48. The van der Waals surface area contributed by atoms with Gasteiger partial charge in [0.2, 0.25) is 0 Å². The van der Waals surface area contributed by atoms with E-state index in [4.69, 9.17) is 16.1 Å². The minimum absolute atomic E-state index is 0.131. The summed E-state index contributed by atoms with van der Waals surface area (Å²) < 4.78 is 12.1. The van der Waals surface area contributed by atoms with E-state index in [1.165, 1.54) is 4.67 Å². The van der Waals surface area contributed by atoms with Crippen molar-refractivity contribution in [3.8, 4) is 0 Å². The number of piperidine rings is 1. The van der Waals surface area contributed by atoms with Gasteiger partial charge >= 0.3 is 6.87 Å². The summed E-state index contributed by atoms with van der Waals surface area (Å²) in [6, 6.07) is 0. The Labute approximate surface area is 69.4 Å². The second kappa shape index (κ2) is 3.23. The minimum atomic E-state index is -3.61. The highest BCUT2D eigenvalue weighted by atomic mass is 35.7. The lowest BCUT2D eigenvalue weighted by molar-refractivity contribution is -0.120. The highest BCUT2D eigenvalue weighted by molar-refractivity contribution is 7.82. The average Bonchev–Trinajstić information content (AvgIpc) is 1.86. The Morgan fingerprint density at radius 1 is 1.45 bits per heavy atom. The maximum atomic E-state index is 10.8. The number of carbonyl (C=O) groups excluding carboxylic acids is 1. The molecule has 1 atom stereocenters. The molecule has 0 amide bonds. The Bertz CT molecular complexity index is 204. The van der Waals surface area contributed by atoms with Crippen molar-refractivity contribution in [2.75, 3.05) is 13.1 Å². The molecule has 1 unspecified atom stereocenters. The van der Waals surface area contributed by atoms with E-state index < -0.39 is 6.87 Å². The van der Waals surface area contributed by atoms with Crippen molar-refractivity contribution >= 4 is 23.9 Å². The van der Waals surface area contributed by atoms with Crippen molar-refractivity contribution in [2.45, 2.75) is 12.8 Å². The summed E-state index contributed by atoms with van der Waals surface area (Å²) in [4.78, 5) is 19.6. The van der Waals surface area contributed by atoms with Gasteiger partial charge in [-0.15, -0.1) is 0 Å². The Morgan fingerprint density at radius 3 is 2.27 bits per heavy atom. The fourth-order valence-electron chi connectivity index (χ4n) is 0.991. The molecule has 11 heavy (non-hydrogen) atoms. The predicted octanol–water partition coefficient (Wildman–Crippen LogP) is 0.990. The molecular weight excluding hydrogens is 188 g/mol. The Balaban J connectivity index is 2.52. The number of hydrogen-bond acceptors (Lipinski definition) is 2. The third-order valence-electron chi connectivity index (χ3n) is 1.65. The maximum Gasteiger partial charge on any atom is 0.360 e. The number of ketones is 1. The molecule has 0 aromatic heterocycles. The van der Waals surface area contributed by atoms with Crippen LogP contribution in [0.15, 0.2) is 0 Å². The van der Waals surface area contributed by atoms with Gasteiger partial charge in [0.15, 0.2) is 0 Å². The van der Waals surface area contributed by atoms with Crippen molar-refractivity contribution in [1.29, 1.82) is 0 Å². The third-order valence-corrected chi connectivity index (χ3v) is 3.39. The van der Waals surface area contributed by atoms with Gasteiger partial charge in [-0.05, 0) is 11.2 Å². The highest BCUT2D eigenvalue weighted by Gasteiger charge is 2.28. The first-order valence-electron chi connectivity index (χ1n) is 3.30. The van der Waals surface area contributed by atoms with E-state index in [0.29, 0.717) is 25.9 Å². The lowest BCUT2D eigenvalue weighted by Crippen LogP contribution is -2.29. The number of Topliss-reactive ketones (excluding diaryl/α,β-unsaturated/α-hetero) is 1. The molecule has 1 heterocycles. The Hall–Kier alpha value is 0.110. The van der Waals surface area contributed by atoms with Crippen LogP contribution in [0, 0.1) is 0 Å². The maximum absolute atomic E-state index is 10.8. The van der Waals surface area contributed by atoms with Crippen LogP contribution < -0.4 is 0 Å². The van der Waals surface area contributed by atoms with Gasteiger partial charge in [0.1, 0.15) is 5.78 Å². The molecule has 1 aliphatic rings. The number of nitrogens with zero attached hydrogens (tertiary/aromatic N) is 1. The molecule has 0 saturated carbocycles. The van der Waals surface area contributed by atoms with Crippen LogP contribution in [0.5, 0.6) is 0 Å². The molecule has 0 spiro atoms. The largest absolute Gasteiger partial charge is 0.360 e. The van der Waals surface area contributed by atoms with Gasteiger partial charge in [-0.2, -0.15) is 0 Å². The van der Waals surface area contributed by atoms with Gasteiger partial charge < -0.3 is 4.89 Å². The highest BCUT2D eigenvalue weighted by Crippen LogP contribution is 2.51. The van der Waals surface area contributed by atoms with E-state index in [1.54, 1.807) is 0 Å². The van der Waals surface area contributed by atoms with E-state index in [-0.39, 0.29) is 5.78 Å². The molecule has 0 radical (unpaired) electrons. The molecule has 0 aromatic carbocycles. The lowest BCUT2D eigenvalue weighted by atomic mass is 10.1. The van der Waals surface area contributed by atoms with Crippen LogP contribution in [0.25, 0.3) is 0 Å². The first kappa shape index (κ1) is 9.20. The van der Waals surface area contributed by atoms with Gasteiger partial charge in [0.25, 0.3) is 0 Å². The molecule has 64 valence electrons. The topological polar surface area (TPSA) is 57.6 Å². The zero-order valence-electron chi connectivity index (χ0n) is 5.86. The molecule has 4 nitrogen and oxygen atoms in total. The normalized spacial score (nSPS) is 26.5. The van der Waals surface area contributed by atoms with E-state index in [0.717, 1.165) is 0 Å². The quantitative estimate of drug-likeness (QED) is 0.637. The van der Waals surface area contributed by atoms with Crippen LogP contribution in [0.1, 0.15) is 12.8 Å². The molecule has 1 aliphatic heterocycles. The van der Waals surface area contributed by atoms with E-state index >= 15 is 0 Å². The molecule has 1 rings (SSSR count). The zero-order valence-corrected chi connectivity index (χ0v) is 7.51. The molecule has 0 bridgehead atoms. The number of carbonyl (C=O) groups is 1. The van der Waals surface area contributed by atoms with Crippen LogP contribution in [0.2, 0.25) is 0 Å². The van der Waals surface area contributed by atoms with Crippen LogP contribution in [-0.2, 0) is 9.36 Å². The second-order valence-corrected chi connectivity index (χ2v) is 5.30. The molecule has 1 N–H and O–H groups in total. The van der Waals surface area contributed by atoms with E-state index in [9.17, 15) is 9.36 Å². The summed E-state index contributed by atoms with van der Waals surface area (Å²) in [5, 5.41) is 0. The molecule has 1 saturated heterocycles. The van der Waals surface area contributed by atoms with Crippen molar-refractivity contribution in [2.24, 2.45) is 0 Å². The number of rotatable bonds is 1. The van der Waals surface area contributed by atoms with Gasteiger partial charge in [-0.3, -0.25) is 9.36 Å². The van der Waals surface area contributed by atoms with Crippen LogP contribution in [0.4, 0.5) is 0 Å². The van der Waals surface area contributed by atoms with Gasteiger partial charge in [0.05, 0.1) is 0 Å². The molecule has 0 aliphatic carbocycles. The summed E-state index contributed by atoms with van der Waals surface area (Å²) in [5.74, 6) is 0.131.